The molecule has 1 fully saturated rings. The summed E-state index contributed by atoms with van der Waals surface area (Å²) < 4.78 is 5.27. The number of ether oxygens (including phenoxy) is 1. The maximum atomic E-state index is 10.9. The number of carbonyl (C=O) groups excluding carboxylic acids is 1. The topological polar surface area (TPSA) is 26.3 Å². The van der Waals surface area contributed by atoms with Crippen LogP contribution < -0.4 is 0 Å². The lowest BCUT2D eigenvalue weighted by Gasteiger charge is -2.22. The molecule has 1 aliphatic rings. The van der Waals surface area contributed by atoms with Gasteiger partial charge < -0.3 is 4.74 Å². The number of thioether (sulfide) groups is 1. The summed E-state index contributed by atoms with van der Waals surface area (Å²) in [6, 6.07) is 0. The van der Waals surface area contributed by atoms with Crippen LogP contribution in [0.4, 0.5) is 4.79 Å². The van der Waals surface area contributed by atoms with E-state index >= 15 is 0 Å². The molecule has 1 saturated carbocycles. The summed E-state index contributed by atoms with van der Waals surface area (Å²) >= 11 is 1.15. The van der Waals surface area contributed by atoms with Crippen molar-refractivity contribution in [1.29, 1.82) is 0 Å². The van der Waals surface area contributed by atoms with Crippen molar-refractivity contribution in [3.63, 3.8) is 0 Å². The Balaban J connectivity index is 2.39. The van der Waals surface area contributed by atoms with Crippen LogP contribution in [0, 0.1) is 0 Å². The molecule has 0 aromatic rings. The van der Waals surface area contributed by atoms with E-state index in [1.165, 1.54) is 12.8 Å². The second kappa shape index (κ2) is 3.48. The van der Waals surface area contributed by atoms with Crippen LogP contribution in [0.3, 0.4) is 0 Å². The Morgan fingerprint density at radius 3 is 2.45 bits per heavy atom. The van der Waals surface area contributed by atoms with Crippen LogP contribution in [0.15, 0.2) is 0 Å². The zero-order valence-corrected chi connectivity index (χ0v) is 7.87. The van der Waals surface area contributed by atoms with Crippen molar-refractivity contribution in [1.82, 2.24) is 0 Å². The van der Waals surface area contributed by atoms with E-state index < -0.39 is 0 Å². The molecule has 0 spiro atoms. The molecule has 0 aliphatic heterocycles. The fourth-order valence-corrected chi connectivity index (χ4v) is 1.75. The summed E-state index contributed by atoms with van der Waals surface area (Å²) in [5, 5.41) is -0.144. The first-order chi connectivity index (χ1) is 5.16. The molecule has 0 bridgehead atoms. The number of carbonyl (C=O) groups is 1. The van der Waals surface area contributed by atoms with Crippen LogP contribution in [-0.2, 0) is 4.74 Å². The van der Waals surface area contributed by atoms with Crippen LogP contribution in [0.25, 0.3) is 0 Å². The summed E-state index contributed by atoms with van der Waals surface area (Å²) in [6.07, 6.45) is 6.19. The molecular weight excluding hydrogens is 160 g/mol. The predicted octanol–water partition coefficient (Wildman–Crippen LogP) is 2.82. The Morgan fingerprint density at radius 2 is 2.00 bits per heavy atom. The van der Waals surface area contributed by atoms with Crippen molar-refractivity contribution in [2.24, 2.45) is 0 Å². The van der Waals surface area contributed by atoms with Gasteiger partial charge in [-0.2, -0.15) is 0 Å². The Hall–Kier alpha value is -0.180. The van der Waals surface area contributed by atoms with Gasteiger partial charge in [-0.3, -0.25) is 0 Å². The molecule has 3 heteroatoms. The average Bonchev–Trinajstić information content (AvgIpc) is 2.36. The third kappa shape index (κ3) is 2.40. The Kier molecular flexibility index (Phi) is 2.82. The normalized spacial score (nSPS) is 21.6. The van der Waals surface area contributed by atoms with Crippen molar-refractivity contribution in [2.75, 3.05) is 6.26 Å². The molecule has 1 aliphatic carbocycles. The van der Waals surface area contributed by atoms with Gasteiger partial charge in [0.05, 0.1) is 0 Å². The summed E-state index contributed by atoms with van der Waals surface area (Å²) in [5.74, 6) is 0. The van der Waals surface area contributed by atoms with Crippen LogP contribution in [0.5, 0.6) is 0 Å². The van der Waals surface area contributed by atoms with Crippen molar-refractivity contribution >= 4 is 17.1 Å². The molecule has 64 valence electrons. The molecule has 0 amide bonds. The van der Waals surface area contributed by atoms with E-state index in [1.807, 2.05) is 6.92 Å². The third-order valence-corrected chi connectivity index (χ3v) is 2.57. The standard InChI is InChI=1S/C8H14O2S/c1-8(5-3-4-6-8)10-7(9)11-2/h3-6H2,1-2H3. The van der Waals surface area contributed by atoms with Crippen molar-refractivity contribution in [3.05, 3.63) is 0 Å². The van der Waals surface area contributed by atoms with Gasteiger partial charge in [-0.1, -0.05) is 0 Å². The minimum Gasteiger partial charge on any atom is -0.451 e. The second-order valence-corrected chi connectivity index (χ2v) is 3.95. The van der Waals surface area contributed by atoms with E-state index in [9.17, 15) is 4.79 Å². The molecule has 0 atom stereocenters. The maximum Gasteiger partial charge on any atom is 0.367 e. The van der Waals surface area contributed by atoms with E-state index in [2.05, 4.69) is 0 Å². The van der Waals surface area contributed by atoms with Gasteiger partial charge >= 0.3 is 5.30 Å². The molecule has 0 heterocycles. The zero-order chi connectivity index (χ0) is 8.32. The van der Waals surface area contributed by atoms with Gasteiger partial charge in [0.25, 0.3) is 0 Å². The van der Waals surface area contributed by atoms with E-state index in [0.29, 0.717) is 0 Å². The van der Waals surface area contributed by atoms with Gasteiger partial charge in [-0.05, 0) is 50.6 Å². The van der Waals surface area contributed by atoms with Gasteiger partial charge in [0, 0.05) is 0 Å². The number of hydrogen-bond acceptors (Lipinski definition) is 3. The smallest absolute Gasteiger partial charge is 0.367 e. The zero-order valence-electron chi connectivity index (χ0n) is 7.05. The molecule has 1 rings (SSSR count). The lowest BCUT2D eigenvalue weighted by molar-refractivity contribution is 0.0492. The van der Waals surface area contributed by atoms with Gasteiger partial charge in [0.1, 0.15) is 5.60 Å². The number of hydrogen-bond donors (Lipinski definition) is 0. The minimum atomic E-state index is -0.153. The van der Waals surface area contributed by atoms with Crippen LogP contribution in [-0.4, -0.2) is 17.2 Å². The monoisotopic (exact) mass is 174 g/mol. The first-order valence-electron chi connectivity index (χ1n) is 3.93. The third-order valence-electron chi connectivity index (χ3n) is 2.16. The lowest BCUT2D eigenvalue weighted by atomic mass is 10.1. The van der Waals surface area contributed by atoms with Gasteiger partial charge in [0.2, 0.25) is 0 Å². The van der Waals surface area contributed by atoms with Crippen LogP contribution >= 0.6 is 11.8 Å². The summed E-state index contributed by atoms with van der Waals surface area (Å²) in [4.78, 5) is 10.9. The number of rotatable bonds is 1. The first kappa shape index (κ1) is 8.91. The molecule has 0 aromatic heterocycles. The Bertz CT molecular complexity index is 150. The van der Waals surface area contributed by atoms with Crippen molar-refractivity contribution < 1.29 is 9.53 Å². The fraction of sp³-hybridized carbons (Fsp3) is 0.875. The Labute approximate surface area is 71.7 Å². The van der Waals surface area contributed by atoms with E-state index in [4.69, 9.17) is 4.74 Å². The minimum absolute atomic E-state index is 0.144. The lowest BCUT2D eigenvalue weighted by Crippen LogP contribution is -2.25. The molecule has 0 unspecified atom stereocenters. The van der Waals surface area contributed by atoms with Crippen LogP contribution in [0.2, 0.25) is 0 Å². The highest BCUT2D eigenvalue weighted by Crippen LogP contribution is 2.33. The summed E-state index contributed by atoms with van der Waals surface area (Å²) in [5.41, 5.74) is -0.153. The first-order valence-corrected chi connectivity index (χ1v) is 5.16. The fourth-order valence-electron chi connectivity index (χ4n) is 1.47. The molecule has 2 nitrogen and oxygen atoms in total. The highest BCUT2D eigenvalue weighted by atomic mass is 32.2. The largest absolute Gasteiger partial charge is 0.451 e. The maximum absolute atomic E-state index is 10.9. The van der Waals surface area contributed by atoms with Gasteiger partial charge in [0.15, 0.2) is 0 Å². The predicted molar refractivity (Wildman–Crippen MR) is 46.9 cm³/mol. The Morgan fingerprint density at radius 1 is 1.45 bits per heavy atom. The van der Waals surface area contributed by atoms with E-state index in [-0.39, 0.29) is 10.9 Å². The van der Waals surface area contributed by atoms with Crippen molar-refractivity contribution in [3.8, 4) is 0 Å². The van der Waals surface area contributed by atoms with Crippen LogP contribution in [0.1, 0.15) is 32.6 Å². The second-order valence-electron chi connectivity index (χ2n) is 3.21. The van der Waals surface area contributed by atoms with Crippen molar-refractivity contribution in [2.45, 2.75) is 38.2 Å². The van der Waals surface area contributed by atoms with Gasteiger partial charge in [-0.25, -0.2) is 4.79 Å². The molecule has 0 aromatic carbocycles. The molecule has 11 heavy (non-hydrogen) atoms. The van der Waals surface area contributed by atoms with E-state index in [1.54, 1.807) is 6.26 Å². The highest BCUT2D eigenvalue weighted by molar-refractivity contribution is 8.12. The molecule has 0 saturated heterocycles. The summed E-state index contributed by atoms with van der Waals surface area (Å²) in [7, 11) is 0. The molecule has 0 radical (unpaired) electrons. The average molecular weight is 174 g/mol. The quantitative estimate of drug-likeness (QED) is 0.572. The molecule has 0 N–H and O–H groups in total. The SMILES string of the molecule is CSC(=O)OC1(C)CCCC1. The highest BCUT2D eigenvalue weighted by Gasteiger charge is 2.32. The van der Waals surface area contributed by atoms with E-state index in [0.717, 1.165) is 24.6 Å². The summed E-state index contributed by atoms with van der Waals surface area (Å²) in [6.45, 7) is 2.02. The molecular formula is C8H14O2S. The van der Waals surface area contributed by atoms with Gasteiger partial charge in [-0.15, -0.1) is 0 Å².